The average Bonchev–Trinajstić information content (AvgIpc) is 2.40. The van der Waals surface area contributed by atoms with Gasteiger partial charge in [0.2, 0.25) is 0 Å². The van der Waals surface area contributed by atoms with Crippen molar-refractivity contribution in [1.82, 2.24) is 5.32 Å². The van der Waals surface area contributed by atoms with Crippen LogP contribution in [0, 0.1) is 5.41 Å². The minimum absolute atomic E-state index is 0.286. The lowest BCUT2D eigenvalue weighted by atomic mass is 10.2. The topological polar surface area (TPSA) is 38.3 Å². The Morgan fingerprint density at radius 2 is 2.20 bits per heavy atom. The van der Waals surface area contributed by atoms with Gasteiger partial charge in [-0.2, -0.15) is 0 Å². The van der Waals surface area contributed by atoms with Crippen molar-refractivity contribution in [3.05, 3.63) is 0 Å². The first kappa shape index (κ1) is 7.38. The Labute approximate surface area is 60.7 Å². The SMILES string of the molecule is COC(=O)NC1CC1(C)C. The Hall–Kier alpha value is -0.730. The van der Waals surface area contributed by atoms with Crippen molar-refractivity contribution in [3.8, 4) is 0 Å². The van der Waals surface area contributed by atoms with E-state index in [0.717, 1.165) is 6.42 Å². The Balaban J connectivity index is 2.24. The van der Waals surface area contributed by atoms with Crippen molar-refractivity contribution < 1.29 is 9.53 Å². The molecule has 1 fully saturated rings. The highest BCUT2D eigenvalue weighted by Gasteiger charge is 2.46. The monoisotopic (exact) mass is 143 g/mol. The number of carbonyl (C=O) groups is 1. The van der Waals surface area contributed by atoms with Crippen molar-refractivity contribution >= 4 is 6.09 Å². The van der Waals surface area contributed by atoms with E-state index in [1.54, 1.807) is 0 Å². The van der Waals surface area contributed by atoms with Crippen molar-refractivity contribution in [2.24, 2.45) is 5.41 Å². The molecule has 0 aromatic heterocycles. The Morgan fingerprint density at radius 1 is 1.70 bits per heavy atom. The lowest BCUT2D eigenvalue weighted by Crippen LogP contribution is -2.27. The maximum absolute atomic E-state index is 10.6. The molecule has 0 saturated heterocycles. The lowest BCUT2D eigenvalue weighted by Gasteiger charge is -2.03. The van der Waals surface area contributed by atoms with Gasteiger partial charge in [0.25, 0.3) is 0 Å². The van der Waals surface area contributed by atoms with Crippen LogP contribution >= 0.6 is 0 Å². The van der Waals surface area contributed by atoms with Gasteiger partial charge in [-0.1, -0.05) is 13.8 Å². The normalized spacial score (nSPS) is 27.3. The van der Waals surface area contributed by atoms with Crippen LogP contribution in [-0.2, 0) is 4.74 Å². The number of hydrogen-bond donors (Lipinski definition) is 1. The Kier molecular flexibility index (Phi) is 1.58. The van der Waals surface area contributed by atoms with E-state index in [9.17, 15) is 4.79 Å². The first-order valence-electron chi connectivity index (χ1n) is 3.41. The number of amides is 1. The Bertz CT molecular complexity index is 154. The summed E-state index contributed by atoms with van der Waals surface area (Å²) in [6, 6.07) is 0.319. The van der Waals surface area contributed by atoms with Gasteiger partial charge in [0, 0.05) is 6.04 Å². The van der Waals surface area contributed by atoms with Gasteiger partial charge in [0.15, 0.2) is 0 Å². The van der Waals surface area contributed by atoms with Crippen molar-refractivity contribution in [2.75, 3.05) is 7.11 Å². The molecule has 0 bridgehead atoms. The largest absolute Gasteiger partial charge is 0.453 e. The molecule has 10 heavy (non-hydrogen) atoms. The predicted octanol–water partition coefficient (Wildman–Crippen LogP) is 1.14. The number of alkyl carbamates (subject to hydrolysis) is 1. The zero-order chi connectivity index (χ0) is 7.78. The molecule has 1 aliphatic rings. The molecule has 1 atom stereocenters. The molecular formula is C7H13NO2. The summed E-state index contributed by atoms with van der Waals surface area (Å²) in [4.78, 5) is 10.6. The summed E-state index contributed by atoms with van der Waals surface area (Å²) < 4.78 is 4.44. The van der Waals surface area contributed by atoms with Gasteiger partial charge in [-0.05, 0) is 11.8 Å². The van der Waals surface area contributed by atoms with Gasteiger partial charge in [-0.3, -0.25) is 0 Å². The molecule has 0 spiro atoms. The summed E-state index contributed by atoms with van der Waals surface area (Å²) in [5, 5.41) is 2.73. The van der Waals surface area contributed by atoms with E-state index >= 15 is 0 Å². The summed E-state index contributed by atoms with van der Waals surface area (Å²) in [5.41, 5.74) is 0.286. The molecule has 3 nitrogen and oxygen atoms in total. The van der Waals surface area contributed by atoms with E-state index in [1.165, 1.54) is 7.11 Å². The predicted molar refractivity (Wildman–Crippen MR) is 37.7 cm³/mol. The molecule has 1 rings (SSSR count). The lowest BCUT2D eigenvalue weighted by molar-refractivity contribution is 0.169. The third-order valence-electron chi connectivity index (χ3n) is 1.99. The molecule has 0 radical (unpaired) electrons. The molecule has 1 aliphatic carbocycles. The van der Waals surface area contributed by atoms with Crippen LogP contribution < -0.4 is 5.32 Å². The number of nitrogens with one attached hydrogen (secondary N) is 1. The maximum Gasteiger partial charge on any atom is 0.407 e. The first-order chi connectivity index (χ1) is 4.56. The van der Waals surface area contributed by atoms with Crippen LogP contribution in [0.25, 0.3) is 0 Å². The zero-order valence-electron chi connectivity index (χ0n) is 6.60. The standard InChI is InChI=1S/C7H13NO2/c1-7(2)4-5(7)8-6(9)10-3/h5H,4H2,1-3H3,(H,8,9). The van der Waals surface area contributed by atoms with Crippen LogP contribution in [0.3, 0.4) is 0 Å². The highest BCUT2D eigenvalue weighted by molar-refractivity contribution is 5.68. The van der Waals surface area contributed by atoms with E-state index in [-0.39, 0.29) is 11.5 Å². The fraction of sp³-hybridized carbons (Fsp3) is 0.857. The van der Waals surface area contributed by atoms with Gasteiger partial charge in [-0.15, -0.1) is 0 Å². The summed E-state index contributed by atoms with van der Waals surface area (Å²) >= 11 is 0. The summed E-state index contributed by atoms with van der Waals surface area (Å²) in [6.45, 7) is 4.24. The number of rotatable bonds is 1. The van der Waals surface area contributed by atoms with Gasteiger partial charge in [0.1, 0.15) is 0 Å². The third kappa shape index (κ3) is 1.40. The molecule has 0 aromatic rings. The molecule has 1 N–H and O–H groups in total. The van der Waals surface area contributed by atoms with Gasteiger partial charge in [-0.25, -0.2) is 4.79 Å². The summed E-state index contributed by atoms with van der Waals surface area (Å²) in [6.07, 6.45) is 0.734. The van der Waals surface area contributed by atoms with Crippen LogP contribution in [0.15, 0.2) is 0 Å². The van der Waals surface area contributed by atoms with Crippen LogP contribution in [-0.4, -0.2) is 19.2 Å². The quantitative estimate of drug-likeness (QED) is 0.597. The van der Waals surface area contributed by atoms with Crippen molar-refractivity contribution in [3.63, 3.8) is 0 Å². The zero-order valence-corrected chi connectivity index (χ0v) is 6.60. The van der Waals surface area contributed by atoms with Crippen molar-refractivity contribution in [2.45, 2.75) is 26.3 Å². The molecule has 1 saturated carbocycles. The van der Waals surface area contributed by atoms with E-state index in [4.69, 9.17) is 0 Å². The minimum atomic E-state index is -0.324. The summed E-state index contributed by atoms with van der Waals surface area (Å²) in [7, 11) is 1.38. The molecule has 58 valence electrons. The molecule has 0 heterocycles. The fourth-order valence-electron chi connectivity index (χ4n) is 0.915. The number of ether oxygens (including phenoxy) is 1. The highest BCUT2D eigenvalue weighted by atomic mass is 16.5. The Morgan fingerprint density at radius 3 is 2.50 bits per heavy atom. The van der Waals surface area contributed by atoms with E-state index in [1.807, 2.05) is 0 Å². The fourth-order valence-corrected chi connectivity index (χ4v) is 0.915. The van der Waals surface area contributed by atoms with Crippen LogP contribution in [0.1, 0.15) is 20.3 Å². The van der Waals surface area contributed by atoms with Gasteiger partial charge in [0.05, 0.1) is 7.11 Å². The second-order valence-electron chi connectivity index (χ2n) is 3.38. The van der Waals surface area contributed by atoms with Crippen LogP contribution in [0.5, 0.6) is 0 Å². The average molecular weight is 143 g/mol. The molecule has 0 aliphatic heterocycles. The molecule has 3 heteroatoms. The second kappa shape index (κ2) is 2.15. The molecule has 0 aromatic carbocycles. The highest BCUT2D eigenvalue weighted by Crippen LogP contribution is 2.44. The maximum atomic E-state index is 10.6. The van der Waals surface area contributed by atoms with E-state index in [0.29, 0.717) is 6.04 Å². The number of carbonyl (C=O) groups excluding carboxylic acids is 1. The second-order valence-corrected chi connectivity index (χ2v) is 3.38. The smallest absolute Gasteiger partial charge is 0.407 e. The molecule has 1 amide bonds. The van der Waals surface area contributed by atoms with E-state index < -0.39 is 0 Å². The van der Waals surface area contributed by atoms with Crippen LogP contribution in [0.4, 0.5) is 4.79 Å². The third-order valence-corrected chi connectivity index (χ3v) is 1.99. The molecule has 1 unspecified atom stereocenters. The van der Waals surface area contributed by atoms with Crippen molar-refractivity contribution in [1.29, 1.82) is 0 Å². The number of methoxy groups -OCH3 is 1. The van der Waals surface area contributed by atoms with Gasteiger partial charge < -0.3 is 10.1 Å². The van der Waals surface area contributed by atoms with Crippen LogP contribution in [0.2, 0.25) is 0 Å². The van der Waals surface area contributed by atoms with Gasteiger partial charge >= 0.3 is 6.09 Å². The minimum Gasteiger partial charge on any atom is -0.453 e. The number of hydrogen-bond acceptors (Lipinski definition) is 2. The summed E-state index contributed by atoms with van der Waals surface area (Å²) in [5.74, 6) is 0. The molecular weight excluding hydrogens is 130 g/mol. The van der Waals surface area contributed by atoms with E-state index in [2.05, 4.69) is 23.9 Å². The first-order valence-corrected chi connectivity index (χ1v) is 3.41.